The van der Waals surface area contributed by atoms with E-state index >= 15 is 0 Å². The van der Waals surface area contributed by atoms with Gasteiger partial charge in [0.15, 0.2) is 0 Å². The third kappa shape index (κ3) is 3.16. The van der Waals surface area contributed by atoms with E-state index in [9.17, 15) is 4.79 Å². The summed E-state index contributed by atoms with van der Waals surface area (Å²) in [4.78, 5) is 15.0. The van der Waals surface area contributed by atoms with Crippen molar-refractivity contribution in [2.75, 3.05) is 7.05 Å². The smallest absolute Gasteiger partial charge is 0.338 e. The minimum atomic E-state index is -0.205. The van der Waals surface area contributed by atoms with Crippen LogP contribution in [0.3, 0.4) is 0 Å². The second-order valence-corrected chi connectivity index (χ2v) is 7.42. The lowest BCUT2D eigenvalue weighted by Gasteiger charge is -2.59. The molecule has 0 N–H and O–H groups in total. The fourth-order valence-electron chi connectivity index (χ4n) is 3.93. The third-order valence-electron chi connectivity index (χ3n) is 6.50. The molecule has 0 aliphatic carbocycles. The standard InChI is InChI=1S/C20H31NO2/c1-7-19(4)14-17(15(3)20(5,8-2)21(19)6)23-18(22)16-12-10-9-11-13-16/h9-13,15,17H,7-8,14H2,1-6H3. The quantitative estimate of drug-likeness (QED) is 0.765. The number of piperidine rings is 1. The zero-order chi connectivity index (χ0) is 17.3. The molecule has 0 bridgehead atoms. The van der Waals surface area contributed by atoms with E-state index in [1.165, 1.54) is 0 Å². The van der Waals surface area contributed by atoms with Gasteiger partial charge in [-0.25, -0.2) is 4.79 Å². The molecule has 2 rings (SSSR count). The Morgan fingerprint density at radius 1 is 1.22 bits per heavy atom. The van der Waals surface area contributed by atoms with E-state index < -0.39 is 0 Å². The first-order valence-corrected chi connectivity index (χ1v) is 8.78. The molecule has 1 aromatic carbocycles. The van der Waals surface area contributed by atoms with E-state index in [0.29, 0.717) is 11.5 Å². The van der Waals surface area contributed by atoms with Gasteiger partial charge in [0.2, 0.25) is 0 Å². The molecule has 0 radical (unpaired) electrons. The van der Waals surface area contributed by atoms with Gasteiger partial charge >= 0.3 is 5.97 Å². The van der Waals surface area contributed by atoms with Crippen molar-refractivity contribution in [3.63, 3.8) is 0 Å². The fourth-order valence-corrected chi connectivity index (χ4v) is 3.93. The van der Waals surface area contributed by atoms with E-state index in [1.54, 1.807) is 0 Å². The summed E-state index contributed by atoms with van der Waals surface area (Å²) in [6, 6.07) is 9.30. The summed E-state index contributed by atoms with van der Waals surface area (Å²) in [5, 5.41) is 0. The molecule has 23 heavy (non-hydrogen) atoms. The van der Waals surface area contributed by atoms with E-state index in [-0.39, 0.29) is 23.2 Å². The molecule has 128 valence electrons. The van der Waals surface area contributed by atoms with Crippen LogP contribution < -0.4 is 0 Å². The van der Waals surface area contributed by atoms with Crippen molar-refractivity contribution in [2.45, 2.75) is 71.1 Å². The average Bonchev–Trinajstić information content (AvgIpc) is 2.58. The third-order valence-corrected chi connectivity index (χ3v) is 6.50. The molecule has 3 nitrogen and oxygen atoms in total. The van der Waals surface area contributed by atoms with Gasteiger partial charge in [0.25, 0.3) is 0 Å². The van der Waals surface area contributed by atoms with Crippen LogP contribution >= 0.6 is 0 Å². The number of likely N-dealkylation sites (tertiary alicyclic amines) is 1. The summed E-state index contributed by atoms with van der Waals surface area (Å²) < 4.78 is 5.97. The molecule has 0 spiro atoms. The van der Waals surface area contributed by atoms with Crippen LogP contribution in [0.4, 0.5) is 0 Å². The van der Waals surface area contributed by atoms with Gasteiger partial charge in [0.05, 0.1) is 5.56 Å². The van der Waals surface area contributed by atoms with Crippen LogP contribution in [0.5, 0.6) is 0 Å². The van der Waals surface area contributed by atoms with Gasteiger partial charge in [-0.15, -0.1) is 0 Å². The van der Waals surface area contributed by atoms with Crippen LogP contribution in [0, 0.1) is 5.92 Å². The zero-order valence-corrected chi connectivity index (χ0v) is 15.4. The predicted octanol–water partition coefficient (Wildman–Crippen LogP) is 4.52. The predicted molar refractivity (Wildman–Crippen MR) is 94.6 cm³/mol. The van der Waals surface area contributed by atoms with Crippen LogP contribution in [0.2, 0.25) is 0 Å². The fraction of sp³-hybridized carbons (Fsp3) is 0.650. The van der Waals surface area contributed by atoms with Crippen molar-refractivity contribution >= 4 is 5.97 Å². The highest BCUT2D eigenvalue weighted by Gasteiger charge is 2.52. The largest absolute Gasteiger partial charge is 0.458 e. The minimum absolute atomic E-state index is 0.0324. The highest BCUT2D eigenvalue weighted by Crippen LogP contribution is 2.45. The molecule has 1 heterocycles. The van der Waals surface area contributed by atoms with Crippen LogP contribution in [0.1, 0.15) is 64.2 Å². The van der Waals surface area contributed by atoms with Gasteiger partial charge in [-0.2, -0.15) is 0 Å². The normalized spacial score (nSPS) is 35.0. The molecule has 0 aromatic heterocycles. The Morgan fingerprint density at radius 2 is 1.83 bits per heavy atom. The van der Waals surface area contributed by atoms with Crippen molar-refractivity contribution in [3.05, 3.63) is 35.9 Å². The molecular weight excluding hydrogens is 286 g/mol. The number of hydrogen-bond acceptors (Lipinski definition) is 3. The van der Waals surface area contributed by atoms with Crippen molar-refractivity contribution in [1.82, 2.24) is 4.90 Å². The number of rotatable bonds is 4. The second kappa shape index (κ2) is 6.64. The van der Waals surface area contributed by atoms with Gasteiger partial charge in [-0.05, 0) is 45.9 Å². The molecule has 1 aliphatic rings. The Kier molecular flexibility index (Phi) is 5.20. The molecule has 3 heteroatoms. The first-order valence-electron chi connectivity index (χ1n) is 8.78. The topological polar surface area (TPSA) is 29.5 Å². The van der Waals surface area contributed by atoms with Crippen molar-refractivity contribution < 1.29 is 9.53 Å². The number of ether oxygens (including phenoxy) is 1. The molecule has 1 fully saturated rings. The number of nitrogens with zero attached hydrogens (tertiary/aromatic N) is 1. The summed E-state index contributed by atoms with van der Waals surface area (Å²) in [5.74, 6) is 0.0914. The van der Waals surface area contributed by atoms with Gasteiger partial charge in [0.1, 0.15) is 6.10 Å². The van der Waals surface area contributed by atoms with Crippen molar-refractivity contribution in [3.8, 4) is 0 Å². The summed E-state index contributed by atoms with van der Waals surface area (Å²) in [6.45, 7) is 11.3. The lowest BCUT2D eigenvalue weighted by Crippen LogP contribution is -2.66. The lowest BCUT2D eigenvalue weighted by atomic mass is 9.68. The maximum atomic E-state index is 12.5. The molecule has 1 saturated heterocycles. The Hall–Kier alpha value is -1.35. The molecule has 1 aromatic rings. The molecular formula is C20H31NO2. The van der Waals surface area contributed by atoms with Crippen LogP contribution in [-0.4, -0.2) is 35.1 Å². The lowest BCUT2D eigenvalue weighted by molar-refractivity contribution is -0.126. The highest BCUT2D eigenvalue weighted by molar-refractivity contribution is 5.89. The van der Waals surface area contributed by atoms with E-state index in [0.717, 1.165) is 19.3 Å². The number of carbonyl (C=O) groups excluding carboxylic acids is 1. The molecule has 0 amide bonds. The highest BCUT2D eigenvalue weighted by atomic mass is 16.5. The van der Waals surface area contributed by atoms with Gasteiger partial charge in [-0.1, -0.05) is 39.0 Å². The van der Waals surface area contributed by atoms with Crippen molar-refractivity contribution in [1.29, 1.82) is 0 Å². The van der Waals surface area contributed by atoms with Gasteiger partial charge in [0, 0.05) is 23.4 Å². The molecule has 4 atom stereocenters. The summed E-state index contributed by atoms with van der Waals surface area (Å²) in [5.41, 5.74) is 0.721. The second-order valence-electron chi connectivity index (χ2n) is 7.42. The summed E-state index contributed by atoms with van der Waals surface area (Å²) in [7, 11) is 2.22. The first-order chi connectivity index (χ1) is 10.8. The molecule has 0 saturated carbocycles. The van der Waals surface area contributed by atoms with E-state index in [2.05, 4.69) is 46.6 Å². The zero-order valence-electron chi connectivity index (χ0n) is 15.4. The Bertz CT molecular complexity index is 544. The Balaban J connectivity index is 2.25. The average molecular weight is 317 g/mol. The van der Waals surface area contributed by atoms with Gasteiger partial charge < -0.3 is 4.74 Å². The molecule has 4 unspecified atom stereocenters. The number of benzene rings is 1. The van der Waals surface area contributed by atoms with Crippen molar-refractivity contribution in [2.24, 2.45) is 5.92 Å². The molecule has 1 aliphatic heterocycles. The number of hydrogen-bond donors (Lipinski definition) is 0. The number of esters is 1. The first kappa shape index (κ1) is 18.0. The summed E-state index contributed by atoms with van der Waals surface area (Å²) in [6.07, 6.45) is 2.92. The Morgan fingerprint density at radius 3 is 2.35 bits per heavy atom. The summed E-state index contributed by atoms with van der Waals surface area (Å²) >= 11 is 0. The SMILES string of the molecule is CCC1(C)CC(OC(=O)c2ccccc2)C(C)C(C)(CC)N1C. The van der Waals surface area contributed by atoms with Crippen LogP contribution in [-0.2, 0) is 4.74 Å². The van der Waals surface area contributed by atoms with E-state index in [4.69, 9.17) is 4.74 Å². The minimum Gasteiger partial charge on any atom is -0.458 e. The van der Waals surface area contributed by atoms with Crippen LogP contribution in [0.15, 0.2) is 30.3 Å². The maximum Gasteiger partial charge on any atom is 0.338 e. The Labute approximate surface area is 141 Å². The van der Waals surface area contributed by atoms with E-state index in [1.807, 2.05) is 30.3 Å². The number of carbonyl (C=O) groups is 1. The van der Waals surface area contributed by atoms with Gasteiger partial charge in [-0.3, -0.25) is 4.90 Å². The maximum absolute atomic E-state index is 12.5. The monoisotopic (exact) mass is 317 g/mol. The van der Waals surface area contributed by atoms with Crippen LogP contribution in [0.25, 0.3) is 0 Å².